The minimum absolute atomic E-state index is 0.0373. The molecule has 6 heteroatoms. The molecule has 0 saturated heterocycles. The number of benzene rings is 2. The van der Waals surface area contributed by atoms with Gasteiger partial charge in [-0.2, -0.15) is 5.10 Å². The zero-order chi connectivity index (χ0) is 19.1. The number of halogens is 1. The Labute approximate surface area is 168 Å². The van der Waals surface area contributed by atoms with Crippen LogP contribution < -0.4 is 9.47 Å². The quantitative estimate of drug-likeness (QED) is 0.631. The SMILES string of the molecule is COc1cccc2c1OC(c1ccccc1Cl)N1N=C(c3cccnc3)CC21. The highest BCUT2D eigenvalue weighted by Crippen LogP contribution is 2.51. The third kappa shape index (κ3) is 2.70. The van der Waals surface area contributed by atoms with Crippen LogP contribution in [0.4, 0.5) is 0 Å². The Hall–Kier alpha value is -3.05. The summed E-state index contributed by atoms with van der Waals surface area (Å²) in [4.78, 5) is 4.24. The van der Waals surface area contributed by atoms with Gasteiger partial charge in [-0.3, -0.25) is 4.98 Å². The average Bonchev–Trinajstić information content (AvgIpc) is 3.20. The van der Waals surface area contributed by atoms with E-state index in [0.29, 0.717) is 10.8 Å². The summed E-state index contributed by atoms with van der Waals surface area (Å²) in [5.74, 6) is 1.46. The van der Waals surface area contributed by atoms with Crippen molar-refractivity contribution in [3.05, 3.63) is 88.7 Å². The van der Waals surface area contributed by atoms with Crippen molar-refractivity contribution in [1.29, 1.82) is 0 Å². The second-order valence-corrected chi connectivity index (χ2v) is 7.17. The normalized spacial score (nSPS) is 20.1. The minimum atomic E-state index is -0.434. The van der Waals surface area contributed by atoms with Crippen LogP contribution in [0.2, 0.25) is 5.02 Å². The maximum atomic E-state index is 6.51. The van der Waals surface area contributed by atoms with Crippen LogP contribution in [0.15, 0.2) is 72.1 Å². The molecule has 0 amide bonds. The molecule has 3 heterocycles. The van der Waals surface area contributed by atoms with E-state index >= 15 is 0 Å². The fourth-order valence-corrected chi connectivity index (χ4v) is 4.06. The molecule has 5 rings (SSSR count). The monoisotopic (exact) mass is 391 g/mol. The predicted molar refractivity (Wildman–Crippen MR) is 108 cm³/mol. The molecule has 2 atom stereocenters. The molecule has 3 aromatic rings. The second kappa shape index (κ2) is 6.84. The number of pyridine rings is 1. The highest BCUT2D eigenvalue weighted by molar-refractivity contribution is 6.31. The molecule has 0 bridgehead atoms. The van der Waals surface area contributed by atoms with Gasteiger partial charge in [0.15, 0.2) is 11.5 Å². The van der Waals surface area contributed by atoms with Crippen LogP contribution in [0.5, 0.6) is 11.5 Å². The third-order valence-corrected chi connectivity index (χ3v) is 5.51. The fraction of sp³-hybridized carbons (Fsp3) is 0.182. The van der Waals surface area contributed by atoms with Gasteiger partial charge in [0.1, 0.15) is 0 Å². The lowest BCUT2D eigenvalue weighted by atomic mass is 9.96. The summed E-state index contributed by atoms with van der Waals surface area (Å²) in [6.45, 7) is 0. The zero-order valence-electron chi connectivity index (χ0n) is 15.2. The van der Waals surface area contributed by atoms with Crippen LogP contribution in [-0.2, 0) is 0 Å². The lowest BCUT2D eigenvalue weighted by molar-refractivity contribution is -0.0208. The molecule has 0 radical (unpaired) electrons. The molecule has 0 N–H and O–H groups in total. The fourth-order valence-electron chi connectivity index (χ4n) is 3.83. The summed E-state index contributed by atoms with van der Waals surface area (Å²) < 4.78 is 12.0. The predicted octanol–water partition coefficient (Wildman–Crippen LogP) is 4.99. The van der Waals surface area contributed by atoms with Gasteiger partial charge in [0.05, 0.1) is 18.9 Å². The largest absolute Gasteiger partial charge is 0.493 e. The van der Waals surface area contributed by atoms with Crippen LogP contribution >= 0.6 is 11.6 Å². The van der Waals surface area contributed by atoms with Gasteiger partial charge in [-0.25, -0.2) is 5.01 Å². The zero-order valence-corrected chi connectivity index (χ0v) is 16.0. The topological polar surface area (TPSA) is 47.0 Å². The molecule has 2 aromatic carbocycles. The molecule has 28 heavy (non-hydrogen) atoms. The standard InChI is InChI=1S/C22H18ClN3O2/c1-27-20-10-4-8-16-19-12-18(14-6-5-11-24-13-14)25-26(19)22(28-21(16)20)15-7-2-3-9-17(15)23/h2-11,13,19,22H,12H2,1H3. The number of hydrogen-bond acceptors (Lipinski definition) is 5. The molecule has 5 nitrogen and oxygen atoms in total. The first-order valence-corrected chi connectivity index (χ1v) is 9.48. The van der Waals surface area contributed by atoms with Crippen molar-refractivity contribution in [1.82, 2.24) is 9.99 Å². The van der Waals surface area contributed by atoms with Crippen LogP contribution in [-0.4, -0.2) is 22.8 Å². The molecule has 2 aliphatic heterocycles. The van der Waals surface area contributed by atoms with Crippen molar-refractivity contribution in [2.24, 2.45) is 5.10 Å². The summed E-state index contributed by atoms with van der Waals surface area (Å²) in [6.07, 6.45) is 3.93. The molecule has 2 unspecified atom stereocenters. The smallest absolute Gasteiger partial charge is 0.215 e. The Kier molecular flexibility index (Phi) is 4.17. The Morgan fingerprint density at radius 1 is 1.07 bits per heavy atom. The third-order valence-electron chi connectivity index (χ3n) is 5.17. The van der Waals surface area contributed by atoms with E-state index in [9.17, 15) is 0 Å². The number of rotatable bonds is 3. The van der Waals surface area contributed by atoms with E-state index in [1.807, 2.05) is 59.7 Å². The lowest BCUT2D eigenvalue weighted by Crippen LogP contribution is -2.34. The molecular formula is C22H18ClN3O2. The maximum absolute atomic E-state index is 6.51. The van der Waals surface area contributed by atoms with Crippen molar-refractivity contribution >= 4 is 17.3 Å². The number of fused-ring (bicyclic) bond motifs is 3. The van der Waals surface area contributed by atoms with Crippen LogP contribution in [0.3, 0.4) is 0 Å². The summed E-state index contributed by atoms with van der Waals surface area (Å²) in [6, 6.07) is 17.7. The van der Waals surface area contributed by atoms with Crippen molar-refractivity contribution in [3.63, 3.8) is 0 Å². The molecular weight excluding hydrogens is 374 g/mol. The first-order valence-electron chi connectivity index (χ1n) is 9.10. The first kappa shape index (κ1) is 17.1. The molecule has 0 spiro atoms. The van der Waals surface area contributed by atoms with Gasteiger partial charge < -0.3 is 9.47 Å². The Morgan fingerprint density at radius 3 is 2.71 bits per heavy atom. The first-order chi connectivity index (χ1) is 13.8. The van der Waals surface area contributed by atoms with Crippen molar-refractivity contribution in [2.45, 2.75) is 18.7 Å². The molecule has 0 aliphatic carbocycles. The highest BCUT2D eigenvalue weighted by Gasteiger charge is 2.42. The molecule has 0 saturated carbocycles. The number of nitrogens with zero attached hydrogens (tertiary/aromatic N) is 3. The van der Waals surface area contributed by atoms with Gasteiger partial charge in [0.2, 0.25) is 6.23 Å². The molecule has 1 aromatic heterocycles. The van der Waals surface area contributed by atoms with Crippen LogP contribution in [0.25, 0.3) is 0 Å². The lowest BCUT2D eigenvalue weighted by Gasteiger charge is -2.38. The number of ether oxygens (including phenoxy) is 2. The van der Waals surface area contributed by atoms with E-state index in [1.54, 1.807) is 13.3 Å². The van der Waals surface area contributed by atoms with E-state index in [1.165, 1.54) is 0 Å². The van der Waals surface area contributed by atoms with E-state index in [0.717, 1.165) is 34.6 Å². The number of hydrogen-bond donors (Lipinski definition) is 0. The average molecular weight is 392 g/mol. The van der Waals surface area contributed by atoms with Crippen molar-refractivity contribution in [2.75, 3.05) is 7.11 Å². The second-order valence-electron chi connectivity index (χ2n) is 6.76. The summed E-state index contributed by atoms with van der Waals surface area (Å²) in [5, 5.41) is 7.57. The number of hydrazone groups is 1. The minimum Gasteiger partial charge on any atom is -0.493 e. The van der Waals surface area contributed by atoms with Gasteiger partial charge in [0.25, 0.3) is 0 Å². The summed E-state index contributed by atoms with van der Waals surface area (Å²) in [7, 11) is 1.65. The van der Waals surface area contributed by atoms with Gasteiger partial charge >= 0.3 is 0 Å². The number of aromatic nitrogens is 1. The van der Waals surface area contributed by atoms with E-state index < -0.39 is 6.23 Å². The van der Waals surface area contributed by atoms with Gasteiger partial charge in [-0.15, -0.1) is 0 Å². The molecule has 140 valence electrons. The Morgan fingerprint density at radius 2 is 1.93 bits per heavy atom. The number of methoxy groups -OCH3 is 1. The Bertz CT molecular complexity index is 1050. The summed E-state index contributed by atoms with van der Waals surface area (Å²) >= 11 is 6.51. The van der Waals surface area contributed by atoms with Gasteiger partial charge in [0, 0.05) is 40.5 Å². The van der Waals surface area contributed by atoms with Crippen LogP contribution in [0, 0.1) is 0 Å². The van der Waals surface area contributed by atoms with Gasteiger partial charge in [-0.1, -0.05) is 48.0 Å². The summed E-state index contributed by atoms with van der Waals surface area (Å²) in [5.41, 5.74) is 3.93. The Balaban J connectivity index is 1.65. The number of para-hydroxylation sites is 1. The van der Waals surface area contributed by atoms with Crippen molar-refractivity contribution in [3.8, 4) is 11.5 Å². The van der Waals surface area contributed by atoms with Crippen LogP contribution in [0.1, 0.15) is 35.4 Å². The van der Waals surface area contributed by atoms with E-state index in [-0.39, 0.29) is 6.04 Å². The maximum Gasteiger partial charge on any atom is 0.215 e. The van der Waals surface area contributed by atoms with E-state index in [4.69, 9.17) is 26.2 Å². The van der Waals surface area contributed by atoms with Crippen molar-refractivity contribution < 1.29 is 9.47 Å². The molecule has 2 aliphatic rings. The van der Waals surface area contributed by atoms with Gasteiger partial charge in [-0.05, 0) is 18.2 Å². The highest BCUT2D eigenvalue weighted by atomic mass is 35.5. The van der Waals surface area contributed by atoms with E-state index in [2.05, 4.69) is 11.1 Å². The molecule has 0 fully saturated rings.